The molecule has 0 saturated carbocycles. The van der Waals surface area contributed by atoms with E-state index in [4.69, 9.17) is 0 Å². The van der Waals surface area contributed by atoms with Crippen molar-refractivity contribution in [3.63, 3.8) is 0 Å². The minimum Gasteiger partial charge on any atom is -0.357 e. The summed E-state index contributed by atoms with van der Waals surface area (Å²) < 4.78 is 12.8. The molecule has 1 rings (SSSR count). The summed E-state index contributed by atoms with van der Waals surface area (Å²) in [6, 6.07) is 6.57. The predicted octanol–water partition coefficient (Wildman–Crippen LogP) is 2.72. The molecule has 4 heteroatoms. The van der Waals surface area contributed by atoms with Crippen molar-refractivity contribution in [2.45, 2.75) is 39.7 Å². The minimum atomic E-state index is -0.199. The standard InChI is InChI=1S/C15H24FN3/c1-5-17-14(19-15(2,3)4)18-11-10-12-6-8-13(16)9-7-12/h6-9H,5,10-11H2,1-4H3,(H2,17,18,19). The lowest BCUT2D eigenvalue weighted by Gasteiger charge is -2.23. The van der Waals surface area contributed by atoms with Gasteiger partial charge in [-0.3, -0.25) is 4.99 Å². The molecule has 0 aliphatic heterocycles. The van der Waals surface area contributed by atoms with Crippen molar-refractivity contribution in [2.24, 2.45) is 4.99 Å². The van der Waals surface area contributed by atoms with E-state index >= 15 is 0 Å². The number of benzene rings is 1. The van der Waals surface area contributed by atoms with Gasteiger partial charge in [0.05, 0.1) is 0 Å². The lowest BCUT2D eigenvalue weighted by Crippen LogP contribution is -2.47. The third-order valence-electron chi connectivity index (χ3n) is 2.42. The van der Waals surface area contributed by atoms with Crippen LogP contribution in [0.3, 0.4) is 0 Å². The van der Waals surface area contributed by atoms with E-state index in [2.05, 4.69) is 36.4 Å². The van der Waals surface area contributed by atoms with Crippen LogP contribution in [0.1, 0.15) is 33.3 Å². The first-order chi connectivity index (χ1) is 8.90. The molecule has 106 valence electrons. The van der Waals surface area contributed by atoms with E-state index in [0.29, 0.717) is 6.54 Å². The lowest BCUT2D eigenvalue weighted by atomic mass is 10.1. The molecule has 0 aromatic heterocycles. The van der Waals surface area contributed by atoms with Crippen LogP contribution in [0.15, 0.2) is 29.3 Å². The van der Waals surface area contributed by atoms with Gasteiger partial charge in [0, 0.05) is 18.6 Å². The van der Waals surface area contributed by atoms with Gasteiger partial charge in [-0.15, -0.1) is 0 Å². The summed E-state index contributed by atoms with van der Waals surface area (Å²) in [6.07, 6.45) is 0.807. The van der Waals surface area contributed by atoms with Gasteiger partial charge >= 0.3 is 0 Å². The number of nitrogens with zero attached hydrogens (tertiary/aromatic N) is 1. The minimum absolute atomic E-state index is 0.0170. The molecule has 0 fully saturated rings. The zero-order valence-corrected chi connectivity index (χ0v) is 12.3. The Morgan fingerprint density at radius 1 is 1.21 bits per heavy atom. The van der Waals surface area contributed by atoms with Crippen LogP contribution in [0.2, 0.25) is 0 Å². The van der Waals surface area contributed by atoms with Gasteiger partial charge in [0.1, 0.15) is 5.82 Å². The second-order valence-electron chi connectivity index (χ2n) is 5.51. The maximum Gasteiger partial charge on any atom is 0.191 e. The van der Waals surface area contributed by atoms with Crippen LogP contribution in [0.4, 0.5) is 4.39 Å². The van der Waals surface area contributed by atoms with Crippen LogP contribution in [0, 0.1) is 5.82 Å². The van der Waals surface area contributed by atoms with Gasteiger partial charge in [-0.25, -0.2) is 4.39 Å². The fraction of sp³-hybridized carbons (Fsp3) is 0.533. The molecule has 0 bridgehead atoms. The SMILES string of the molecule is CCNC(=NCCc1ccc(F)cc1)NC(C)(C)C. The number of rotatable bonds is 4. The van der Waals surface area contributed by atoms with Gasteiger partial charge in [-0.1, -0.05) is 12.1 Å². The third-order valence-corrected chi connectivity index (χ3v) is 2.42. The van der Waals surface area contributed by atoms with Crippen LogP contribution in [-0.2, 0) is 6.42 Å². The van der Waals surface area contributed by atoms with E-state index in [-0.39, 0.29) is 11.4 Å². The molecule has 0 aliphatic carbocycles. The van der Waals surface area contributed by atoms with Crippen molar-refractivity contribution < 1.29 is 4.39 Å². The van der Waals surface area contributed by atoms with E-state index in [1.165, 1.54) is 12.1 Å². The van der Waals surface area contributed by atoms with Crippen LogP contribution in [0.5, 0.6) is 0 Å². The van der Waals surface area contributed by atoms with Crippen molar-refractivity contribution in [1.29, 1.82) is 0 Å². The molecule has 0 unspecified atom stereocenters. The van der Waals surface area contributed by atoms with E-state index in [1.807, 2.05) is 6.92 Å². The maximum absolute atomic E-state index is 12.8. The average molecular weight is 265 g/mol. The molecule has 0 heterocycles. The number of hydrogen-bond acceptors (Lipinski definition) is 1. The monoisotopic (exact) mass is 265 g/mol. The highest BCUT2D eigenvalue weighted by Crippen LogP contribution is 2.04. The maximum atomic E-state index is 12.8. The van der Waals surface area contributed by atoms with E-state index in [0.717, 1.165) is 24.5 Å². The van der Waals surface area contributed by atoms with Crippen molar-refractivity contribution in [3.05, 3.63) is 35.6 Å². The summed E-state index contributed by atoms with van der Waals surface area (Å²) in [5.41, 5.74) is 1.08. The summed E-state index contributed by atoms with van der Waals surface area (Å²) in [5, 5.41) is 6.54. The Morgan fingerprint density at radius 3 is 2.37 bits per heavy atom. The van der Waals surface area contributed by atoms with Gasteiger partial charge in [0.25, 0.3) is 0 Å². The Morgan fingerprint density at radius 2 is 1.84 bits per heavy atom. The molecular weight excluding hydrogens is 241 g/mol. The summed E-state index contributed by atoms with van der Waals surface area (Å²) in [7, 11) is 0. The fourth-order valence-corrected chi connectivity index (χ4v) is 1.61. The van der Waals surface area contributed by atoms with Crippen molar-refractivity contribution >= 4 is 5.96 Å². The summed E-state index contributed by atoms with van der Waals surface area (Å²) in [6.45, 7) is 9.84. The average Bonchev–Trinajstić information content (AvgIpc) is 2.30. The van der Waals surface area contributed by atoms with Crippen molar-refractivity contribution in [3.8, 4) is 0 Å². The normalized spacial score (nSPS) is 12.4. The Kier molecular flexibility index (Phi) is 5.80. The second-order valence-corrected chi connectivity index (χ2v) is 5.51. The van der Waals surface area contributed by atoms with Crippen LogP contribution < -0.4 is 10.6 Å². The molecular formula is C15H24FN3. The molecule has 1 aromatic carbocycles. The van der Waals surface area contributed by atoms with Crippen LogP contribution in [-0.4, -0.2) is 24.6 Å². The molecule has 2 N–H and O–H groups in total. The summed E-state index contributed by atoms with van der Waals surface area (Å²) in [4.78, 5) is 4.52. The number of guanidine groups is 1. The smallest absolute Gasteiger partial charge is 0.191 e. The van der Waals surface area contributed by atoms with Gasteiger partial charge in [-0.2, -0.15) is 0 Å². The zero-order valence-electron chi connectivity index (χ0n) is 12.3. The van der Waals surface area contributed by atoms with Gasteiger partial charge in [0.2, 0.25) is 0 Å². The molecule has 0 spiro atoms. The molecule has 1 aromatic rings. The summed E-state index contributed by atoms with van der Waals surface area (Å²) >= 11 is 0. The van der Waals surface area contributed by atoms with Gasteiger partial charge < -0.3 is 10.6 Å². The number of halogens is 1. The molecule has 3 nitrogen and oxygen atoms in total. The molecule has 0 atom stereocenters. The summed E-state index contributed by atoms with van der Waals surface area (Å²) in [5.74, 6) is 0.618. The van der Waals surface area contributed by atoms with Gasteiger partial charge in [-0.05, 0) is 51.8 Å². The first kappa shape index (κ1) is 15.5. The van der Waals surface area contributed by atoms with Crippen LogP contribution >= 0.6 is 0 Å². The highest BCUT2D eigenvalue weighted by atomic mass is 19.1. The second kappa shape index (κ2) is 7.12. The predicted molar refractivity (Wildman–Crippen MR) is 79.0 cm³/mol. The van der Waals surface area contributed by atoms with E-state index in [1.54, 1.807) is 12.1 Å². The highest BCUT2D eigenvalue weighted by molar-refractivity contribution is 5.80. The Labute approximate surface area is 115 Å². The van der Waals surface area contributed by atoms with Crippen LogP contribution in [0.25, 0.3) is 0 Å². The third kappa shape index (κ3) is 6.79. The Balaban J connectivity index is 2.53. The topological polar surface area (TPSA) is 36.4 Å². The first-order valence-corrected chi connectivity index (χ1v) is 6.71. The lowest BCUT2D eigenvalue weighted by molar-refractivity contribution is 0.501. The molecule has 0 amide bonds. The van der Waals surface area contributed by atoms with Gasteiger partial charge in [0.15, 0.2) is 5.96 Å². The molecule has 0 radical (unpaired) electrons. The number of aliphatic imine (C=N–C) groups is 1. The first-order valence-electron chi connectivity index (χ1n) is 6.71. The Hall–Kier alpha value is -1.58. The highest BCUT2D eigenvalue weighted by Gasteiger charge is 2.11. The zero-order chi connectivity index (χ0) is 14.3. The number of nitrogens with one attached hydrogen (secondary N) is 2. The van der Waals surface area contributed by atoms with E-state index < -0.39 is 0 Å². The molecule has 0 aliphatic rings. The Bertz CT molecular complexity index is 404. The molecule has 0 saturated heterocycles. The van der Waals surface area contributed by atoms with E-state index in [9.17, 15) is 4.39 Å². The largest absolute Gasteiger partial charge is 0.357 e. The number of hydrogen-bond donors (Lipinski definition) is 2. The quantitative estimate of drug-likeness (QED) is 0.649. The fourth-order valence-electron chi connectivity index (χ4n) is 1.61. The van der Waals surface area contributed by atoms with Crippen molar-refractivity contribution in [1.82, 2.24) is 10.6 Å². The molecule has 19 heavy (non-hydrogen) atoms. The van der Waals surface area contributed by atoms with Crippen molar-refractivity contribution in [2.75, 3.05) is 13.1 Å².